The predicted octanol–water partition coefficient (Wildman–Crippen LogP) is 2.96. The van der Waals surface area contributed by atoms with Gasteiger partial charge in [0.25, 0.3) is 0 Å². The van der Waals surface area contributed by atoms with Crippen molar-refractivity contribution in [1.82, 2.24) is 0 Å². The van der Waals surface area contributed by atoms with E-state index in [2.05, 4.69) is 6.07 Å². The van der Waals surface area contributed by atoms with Crippen LogP contribution in [0.4, 0.5) is 0 Å². The van der Waals surface area contributed by atoms with Gasteiger partial charge in [-0.25, -0.2) is 4.79 Å². The molecule has 7 heteroatoms. The van der Waals surface area contributed by atoms with Crippen LogP contribution in [0.5, 0.6) is 17.2 Å². The third-order valence-electron chi connectivity index (χ3n) is 4.17. The lowest BCUT2D eigenvalue weighted by Crippen LogP contribution is -2.26. The number of fused-ring (bicyclic) bond motifs is 1. The number of rotatable bonds is 5. The van der Waals surface area contributed by atoms with Gasteiger partial charge in [-0.15, -0.1) is 0 Å². The van der Waals surface area contributed by atoms with Gasteiger partial charge in [0.15, 0.2) is 11.5 Å². The quantitative estimate of drug-likeness (QED) is 0.864. The highest BCUT2D eigenvalue weighted by molar-refractivity contribution is 5.60. The van der Waals surface area contributed by atoms with Crippen molar-refractivity contribution in [3.05, 3.63) is 63.0 Å². The number of ether oxygens (including phenoxy) is 3. The average molecular weight is 368 g/mol. The highest BCUT2D eigenvalue weighted by Gasteiger charge is 2.36. The van der Waals surface area contributed by atoms with Crippen molar-refractivity contribution in [2.45, 2.75) is 26.7 Å². The predicted molar refractivity (Wildman–Crippen MR) is 97.8 cm³/mol. The van der Waals surface area contributed by atoms with Crippen LogP contribution in [0.15, 0.2) is 44.9 Å². The van der Waals surface area contributed by atoms with Crippen molar-refractivity contribution in [2.24, 2.45) is 5.73 Å². The van der Waals surface area contributed by atoms with Gasteiger partial charge in [-0.05, 0) is 26.8 Å². The van der Waals surface area contributed by atoms with Crippen LogP contribution in [0.25, 0.3) is 0 Å². The number of nitrogens with zero attached hydrogens (tertiary/aromatic N) is 1. The largest absolute Gasteiger partial charge is 0.490 e. The van der Waals surface area contributed by atoms with Crippen LogP contribution in [0.1, 0.15) is 36.7 Å². The molecule has 0 spiro atoms. The standard InChI is InChI=1S/C20H20N2O5/c1-4-24-14-8-6-7-12(18(14)25-5-2)16-13(10-21)19(22)27-15-9-11(3)26-20(23)17(15)16/h6-9,16H,4-5,22H2,1-3H3/t16-/m1/s1. The molecule has 27 heavy (non-hydrogen) atoms. The molecule has 0 unspecified atom stereocenters. The second kappa shape index (κ2) is 7.46. The molecule has 0 saturated heterocycles. The van der Waals surface area contributed by atoms with Crippen LogP contribution in [0.2, 0.25) is 0 Å². The number of hydrogen-bond donors (Lipinski definition) is 1. The molecule has 0 bridgehead atoms. The van der Waals surface area contributed by atoms with Crippen LogP contribution < -0.4 is 25.6 Å². The minimum absolute atomic E-state index is 0.0516. The maximum atomic E-state index is 12.6. The first kappa shape index (κ1) is 18.4. The maximum absolute atomic E-state index is 12.6. The maximum Gasteiger partial charge on any atom is 0.343 e. The number of aryl methyl sites for hydroxylation is 1. The first-order valence-corrected chi connectivity index (χ1v) is 8.62. The zero-order chi connectivity index (χ0) is 19.6. The normalized spacial score (nSPS) is 15.6. The fourth-order valence-corrected chi connectivity index (χ4v) is 3.16. The van der Waals surface area contributed by atoms with Crippen LogP contribution in [0.3, 0.4) is 0 Å². The van der Waals surface area contributed by atoms with E-state index < -0.39 is 11.5 Å². The fraction of sp³-hybridized carbons (Fsp3) is 0.300. The third kappa shape index (κ3) is 3.22. The number of benzene rings is 1. The molecule has 1 aliphatic rings. The molecule has 1 aliphatic heterocycles. The van der Waals surface area contributed by atoms with Gasteiger partial charge in [0.2, 0.25) is 5.88 Å². The summed E-state index contributed by atoms with van der Waals surface area (Å²) >= 11 is 0. The second-order valence-electron chi connectivity index (χ2n) is 5.89. The minimum atomic E-state index is -0.780. The van der Waals surface area contributed by atoms with Crippen LogP contribution in [-0.2, 0) is 0 Å². The molecular weight excluding hydrogens is 348 g/mol. The van der Waals surface area contributed by atoms with Gasteiger partial charge in [-0.3, -0.25) is 0 Å². The molecule has 1 aromatic carbocycles. The SMILES string of the molecule is CCOc1cccc([C@@H]2C(C#N)=C(N)Oc3cc(C)oc(=O)c32)c1OCC. The summed E-state index contributed by atoms with van der Waals surface area (Å²) in [6, 6.07) is 8.96. The monoisotopic (exact) mass is 368 g/mol. The van der Waals surface area contributed by atoms with Crippen molar-refractivity contribution in [2.75, 3.05) is 13.2 Å². The molecule has 1 atom stereocenters. The van der Waals surface area contributed by atoms with Gasteiger partial charge in [0, 0.05) is 11.6 Å². The Morgan fingerprint density at radius 3 is 2.67 bits per heavy atom. The number of hydrogen-bond acceptors (Lipinski definition) is 7. The Kier molecular flexibility index (Phi) is 5.08. The summed E-state index contributed by atoms with van der Waals surface area (Å²) in [6.45, 7) is 6.18. The first-order chi connectivity index (χ1) is 13.0. The fourth-order valence-electron chi connectivity index (χ4n) is 3.16. The van der Waals surface area contributed by atoms with Crippen molar-refractivity contribution in [3.8, 4) is 23.3 Å². The summed E-state index contributed by atoms with van der Waals surface area (Å²) in [7, 11) is 0. The smallest absolute Gasteiger partial charge is 0.343 e. The highest BCUT2D eigenvalue weighted by atomic mass is 16.5. The molecule has 0 radical (unpaired) electrons. The Bertz CT molecular complexity index is 1000. The molecule has 2 heterocycles. The Morgan fingerprint density at radius 2 is 2.00 bits per heavy atom. The van der Waals surface area contributed by atoms with Crippen molar-refractivity contribution >= 4 is 0 Å². The lowest BCUT2D eigenvalue weighted by molar-refractivity contribution is 0.284. The van der Waals surface area contributed by atoms with E-state index in [4.69, 9.17) is 24.4 Å². The topological polar surface area (TPSA) is 108 Å². The number of nitriles is 1. The molecule has 140 valence electrons. The van der Waals surface area contributed by atoms with Gasteiger partial charge in [0.1, 0.15) is 23.2 Å². The van der Waals surface area contributed by atoms with Gasteiger partial charge >= 0.3 is 5.63 Å². The summed E-state index contributed by atoms with van der Waals surface area (Å²) in [5.74, 6) is 0.813. The Morgan fingerprint density at radius 1 is 1.26 bits per heavy atom. The van der Waals surface area contributed by atoms with E-state index in [0.29, 0.717) is 36.0 Å². The summed E-state index contributed by atoms with van der Waals surface area (Å²) in [5, 5.41) is 9.69. The van der Waals surface area contributed by atoms with E-state index in [1.165, 1.54) is 0 Å². The van der Waals surface area contributed by atoms with Crippen molar-refractivity contribution in [3.63, 3.8) is 0 Å². The molecular formula is C20H20N2O5. The van der Waals surface area contributed by atoms with E-state index in [9.17, 15) is 10.1 Å². The molecule has 0 saturated carbocycles. The Hall–Kier alpha value is -3.40. The van der Waals surface area contributed by atoms with Gasteiger partial charge in [-0.2, -0.15) is 5.26 Å². The van der Waals surface area contributed by atoms with E-state index in [1.807, 2.05) is 13.8 Å². The Balaban J connectivity index is 2.32. The van der Waals surface area contributed by atoms with Crippen molar-refractivity contribution in [1.29, 1.82) is 5.26 Å². The zero-order valence-electron chi connectivity index (χ0n) is 15.4. The zero-order valence-corrected chi connectivity index (χ0v) is 15.4. The summed E-state index contributed by atoms with van der Waals surface area (Å²) in [5.41, 5.74) is 6.31. The minimum Gasteiger partial charge on any atom is -0.490 e. The second-order valence-corrected chi connectivity index (χ2v) is 5.89. The molecule has 0 amide bonds. The summed E-state index contributed by atoms with van der Waals surface area (Å²) < 4.78 is 22.3. The molecule has 0 fully saturated rings. The van der Waals surface area contributed by atoms with E-state index in [-0.39, 0.29) is 22.8 Å². The van der Waals surface area contributed by atoms with E-state index >= 15 is 0 Å². The van der Waals surface area contributed by atoms with Crippen LogP contribution in [0, 0.1) is 18.3 Å². The molecule has 0 aliphatic carbocycles. The lowest BCUT2D eigenvalue weighted by atomic mass is 9.83. The molecule has 1 aromatic heterocycles. The van der Waals surface area contributed by atoms with E-state index in [1.54, 1.807) is 31.2 Å². The first-order valence-electron chi connectivity index (χ1n) is 8.62. The van der Waals surface area contributed by atoms with Crippen LogP contribution >= 0.6 is 0 Å². The van der Waals surface area contributed by atoms with Gasteiger partial charge in [0.05, 0.1) is 24.7 Å². The number of nitrogens with two attached hydrogens (primary N) is 1. The summed E-state index contributed by atoms with van der Waals surface area (Å²) in [4.78, 5) is 12.6. The van der Waals surface area contributed by atoms with Gasteiger partial charge in [-0.1, -0.05) is 12.1 Å². The lowest BCUT2D eigenvalue weighted by Gasteiger charge is -2.27. The molecule has 2 N–H and O–H groups in total. The number of para-hydroxylation sites is 1. The molecule has 2 aromatic rings. The summed E-state index contributed by atoms with van der Waals surface area (Å²) in [6.07, 6.45) is 0. The highest BCUT2D eigenvalue weighted by Crippen LogP contribution is 2.46. The van der Waals surface area contributed by atoms with Crippen LogP contribution in [-0.4, -0.2) is 13.2 Å². The van der Waals surface area contributed by atoms with Gasteiger partial charge < -0.3 is 24.4 Å². The molecule has 3 rings (SSSR count). The number of allylic oxidation sites excluding steroid dienone is 1. The van der Waals surface area contributed by atoms with E-state index in [0.717, 1.165) is 0 Å². The Labute approximate surface area is 156 Å². The average Bonchev–Trinajstić information content (AvgIpc) is 2.62. The van der Waals surface area contributed by atoms with Crippen molar-refractivity contribution < 1.29 is 18.6 Å². The third-order valence-corrected chi connectivity index (χ3v) is 4.17. The molecule has 7 nitrogen and oxygen atoms in total.